The van der Waals surface area contributed by atoms with Crippen LogP contribution >= 0.6 is 23.2 Å². The lowest BCUT2D eigenvalue weighted by Gasteiger charge is -2.40. The Kier molecular flexibility index (Phi) is 10.9. The van der Waals surface area contributed by atoms with Crippen LogP contribution in [0.15, 0.2) is 22.2 Å². The minimum absolute atomic E-state index is 0.140. The molecule has 1 nitrogen and oxygen atoms in total. The quantitative estimate of drug-likeness (QED) is 0.240. The zero-order chi connectivity index (χ0) is 23.8. The maximum atomic E-state index is 13.3. The molecule has 0 aliphatic heterocycles. The maximum Gasteiger partial charge on any atom is 0.187 e. The number of carbonyl (C=O) groups excluding carboxylic acids is 1. The second-order valence-corrected chi connectivity index (χ2v) is 12.8. The van der Waals surface area contributed by atoms with Crippen molar-refractivity contribution in [1.82, 2.24) is 0 Å². The molecule has 0 heterocycles. The summed E-state index contributed by atoms with van der Waals surface area (Å²) in [7, 11) is 0. The lowest BCUT2D eigenvalue weighted by Crippen LogP contribution is -2.33. The van der Waals surface area contributed by atoms with Gasteiger partial charge in [0.2, 0.25) is 0 Å². The molecule has 4 rings (SSSR count). The van der Waals surface area contributed by atoms with Crippen LogP contribution in [0.3, 0.4) is 0 Å². The van der Waals surface area contributed by atoms with E-state index in [-0.39, 0.29) is 5.78 Å². The summed E-state index contributed by atoms with van der Waals surface area (Å²) in [6.45, 7) is 0. The zero-order valence-corrected chi connectivity index (χ0v) is 22.9. The van der Waals surface area contributed by atoms with Crippen LogP contribution in [-0.2, 0) is 4.79 Å². The molecule has 0 aromatic heterocycles. The van der Waals surface area contributed by atoms with Gasteiger partial charge in [-0.25, -0.2) is 0 Å². The standard InChI is InChI=1S/C31H48Cl2O/c32-21-29(27-17-25(18-27)15-7-13-23-9-3-1-4-10-23)31(34)30(22-33)28-19-26(20-28)16-8-14-24-11-5-2-6-12-24/h21-28H,1-20H2. The Morgan fingerprint density at radius 2 is 0.912 bits per heavy atom. The minimum atomic E-state index is 0.140. The molecule has 0 aromatic rings. The molecule has 0 saturated heterocycles. The molecule has 34 heavy (non-hydrogen) atoms. The Morgan fingerprint density at radius 1 is 0.559 bits per heavy atom. The number of allylic oxidation sites excluding steroid dienone is 2. The van der Waals surface area contributed by atoms with E-state index in [1.165, 1.54) is 103 Å². The van der Waals surface area contributed by atoms with Crippen molar-refractivity contribution in [3.8, 4) is 0 Å². The monoisotopic (exact) mass is 506 g/mol. The predicted molar refractivity (Wildman–Crippen MR) is 146 cm³/mol. The summed E-state index contributed by atoms with van der Waals surface area (Å²) in [5, 5.41) is 0. The Hall–Kier alpha value is -0.270. The molecule has 0 unspecified atom stereocenters. The average Bonchev–Trinajstić information content (AvgIpc) is 2.82. The largest absolute Gasteiger partial charge is 0.289 e. The second-order valence-electron chi connectivity index (χ2n) is 12.4. The van der Waals surface area contributed by atoms with E-state index in [4.69, 9.17) is 23.2 Å². The van der Waals surface area contributed by atoms with Crippen molar-refractivity contribution in [3.05, 3.63) is 22.2 Å². The van der Waals surface area contributed by atoms with Crippen LogP contribution in [0.4, 0.5) is 0 Å². The molecule has 0 bridgehead atoms. The molecule has 0 radical (unpaired) electrons. The molecule has 0 amide bonds. The molecule has 4 aliphatic carbocycles. The van der Waals surface area contributed by atoms with Crippen LogP contribution in [0, 0.1) is 35.5 Å². The highest BCUT2D eigenvalue weighted by Crippen LogP contribution is 2.47. The highest BCUT2D eigenvalue weighted by molar-refractivity contribution is 6.31. The molecule has 4 fully saturated rings. The lowest BCUT2D eigenvalue weighted by atomic mass is 9.64. The van der Waals surface area contributed by atoms with Crippen LogP contribution < -0.4 is 0 Å². The number of ketones is 1. The van der Waals surface area contributed by atoms with Crippen LogP contribution in [0.25, 0.3) is 0 Å². The third kappa shape index (κ3) is 7.38. The molecule has 0 spiro atoms. The molecule has 0 atom stereocenters. The van der Waals surface area contributed by atoms with Gasteiger partial charge in [0.25, 0.3) is 0 Å². The predicted octanol–water partition coefficient (Wildman–Crippen LogP) is 10.4. The van der Waals surface area contributed by atoms with Crippen molar-refractivity contribution in [3.63, 3.8) is 0 Å². The van der Waals surface area contributed by atoms with Crippen LogP contribution in [0.1, 0.15) is 128 Å². The van der Waals surface area contributed by atoms with Crippen molar-refractivity contribution in [2.45, 2.75) is 128 Å². The molecule has 3 heteroatoms. The second kappa shape index (κ2) is 13.9. The molecule has 192 valence electrons. The topological polar surface area (TPSA) is 17.1 Å². The van der Waals surface area contributed by atoms with Crippen molar-refractivity contribution in [1.29, 1.82) is 0 Å². The third-order valence-corrected chi connectivity index (χ3v) is 10.5. The van der Waals surface area contributed by atoms with Crippen molar-refractivity contribution >= 4 is 29.0 Å². The van der Waals surface area contributed by atoms with E-state index in [1.54, 1.807) is 11.1 Å². The van der Waals surface area contributed by atoms with Crippen LogP contribution in [0.2, 0.25) is 0 Å². The Morgan fingerprint density at radius 3 is 1.26 bits per heavy atom. The number of halogens is 2. The van der Waals surface area contributed by atoms with Gasteiger partial charge in [0.15, 0.2) is 5.78 Å². The summed E-state index contributed by atoms with van der Waals surface area (Å²) in [6.07, 6.45) is 27.3. The third-order valence-electron chi connectivity index (χ3n) is 10.0. The van der Waals surface area contributed by atoms with E-state index in [1.807, 2.05) is 0 Å². The van der Waals surface area contributed by atoms with Gasteiger partial charge in [0.05, 0.1) is 0 Å². The number of hydrogen-bond donors (Lipinski definition) is 0. The Bertz CT molecular complexity index is 628. The molecular formula is C31H48Cl2O. The maximum absolute atomic E-state index is 13.3. The van der Waals surface area contributed by atoms with E-state index in [9.17, 15) is 4.79 Å². The van der Waals surface area contributed by atoms with Crippen LogP contribution in [-0.4, -0.2) is 5.78 Å². The number of carbonyl (C=O) groups is 1. The highest BCUT2D eigenvalue weighted by Gasteiger charge is 2.39. The fraction of sp³-hybridized carbons (Fsp3) is 0.839. The smallest absolute Gasteiger partial charge is 0.187 e. The zero-order valence-electron chi connectivity index (χ0n) is 21.4. The normalized spacial score (nSPS) is 31.7. The van der Waals surface area contributed by atoms with Crippen molar-refractivity contribution < 1.29 is 4.79 Å². The summed E-state index contributed by atoms with van der Waals surface area (Å²) in [5.74, 6) is 4.38. The number of Topliss-reactive ketones (excluding diaryl/α,β-unsaturated/α-hetero) is 1. The SMILES string of the molecule is O=C(C(=CCl)C1CC(CCCC2CCCCC2)C1)C(=CCl)C1CC(CCCC2CCCCC2)C1. The van der Waals surface area contributed by atoms with Crippen molar-refractivity contribution in [2.75, 3.05) is 0 Å². The van der Waals surface area contributed by atoms with E-state index in [0.29, 0.717) is 11.8 Å². The van der Waals surface area contributed by atoms with Gasteiger partial charge < -0.3 is 0 Å². The summed E-state index contributed by atoms with van der Waals surface area (Å²) in [5.41, 5.74) is 4.81. The van der Waals surface area contributed by atoms with E-state index >= 15 is 0 Å². The fourth-order valence-electron chi connectivity index (χ4n) is 7.61. The summed E-state index contributed by atoms with van der Waals surface area (Å²) in [4.78, 5) is 13.3. The number of rotatable bonds is 12. The van der Waals surface area contributed by atoms with Gasteiger partial charge >= 0.3 is 0 Å². The van der Waals surface area contributed by atoms with Crippen molar-refractivity contribution in [2.24, 2.45) is 35.5 Å². The van der Waals surface area contributed by atoms with Gasteiger partial charge in [-0.1, -0.05) is 126 Å². The van der Waals surface area contributed by atoms with Gasteiger partial charge in [-0.05, 0) is 61.2 Å². The molecular weight excluding hydrogens is 459 g/mol. The minimum Gasteiger partial charge on any atom is -0.289 e. The lowest BCUT2D eigenvalue weighted by molar-refractivity contribution is -0.114. The Balaban J connectivity index is 1.13. The first-order valence-corrected chi connectivity index (χ1v) is 15.7. The van der Waals surface area contributed by atoms with E-state index in [0.717, 1.165) is 60.5 Å². The Labute approximate surface area is 219 Å². The summed E-state index contributed by atoms with van der Waals surface area (Å²) in [6, 6.07) is 0. The van der Waals surface area contributed by atoms with E-state index < -0.39 is 0 Å². The molecule has 0 N–H and O–H groups in total. The van der Waals surface area contributed by atoms with Gasteiger partial charge in [0.1, 0.15) is 0 Å². The summed E-state index contributed by atoms with van der Waals surface area (Å²) < 4.78 is 0. The number of hydrogen-bond acceptors (Lipinski definition) is 1. The fourth-order valence-corrected chi connectivity index (χ4v) is 8.16. The molecule has 4 saturated carbocycles. The van der Waals surface area contributed by atoms with Gasteiger partial charge in [-0.15, -0.1) is 0 Å². The van der Waals surface area contributed by atoms with Gasteiger partial charge in [0, 0.05) is 22.2 Å². The first kappa shape index (κ1) is 26.8. The molecule has 0 aromatic carbocycles. The van der Waals surface area contributed by atoms with Gasteiger partial charge in [-0.2, -0.15) is 0 Å². The summed E-state index contributed by atoms with van der Waals surface area (Å²) >= 11 is 12.4. The van der Waals surface area contributed by atoms with Gasteiger partial charge in [-0.3, -0.25) is 4.79 Å². The first-order valence-electron chi connectivity index (χ1n) is 14.8. The average molecular weight is 508 g/mol. The first-order chi connectivity index (χ1) is 16.7. The van der Waals surface area contributed by atoms with E-state index in [2.05, 4.69) is 0 Å². The van der Waals surface area contributed by atoms with Crippen LogP contribution in [0.5, 0.6) is 0 Å². The molecule has 4 aliphatic rings. The highest BCUT2D eigenvalue weighted by atomic mass is 35.5.